The van der Waals surface area contributed by atoms with Crippen molar-refractivity contribution in [3.8, 4) is 6.07 Å². The summed E-state index contributed by atoms with van der Waals surface area (Å²) in [6.45, 7) is 10.7. The third kappa shape index (κ3) is 2.64. The standard InChI is InChI=1S/C14H18N2/c1-5-8-16(11(2)3)14-7-6-12(4)9-13(14)10-15/h5-7,9,11H,1,8H2,2-4H3. The highest BCUT2D eigenvalue weighted by Gasteiger charge is 2.12. The van der Waals surface area contributed by atoms with Crippen LogP contribution in [-0.2, 0) is 0 Å². The molecule has 0 fully saturated rings. The number of nitriles is 1. The fraction of sp³-hybridized carbons (Fsp3) is 0.357. The lowest BCUT2D eigenvalue weighted by atomic mass is 10.1. The van der Waals surface area contributed by atoms with Gasteiger partial charge in [0, 0.05) is 12.6 Å². The van der Waals surface area contributed by atoms with Gasteiger partial charge in [-0.3, -0.25) is 0 Å². The predicted octanol–water partition coefficient (Wildman–Crippen LogP) is 3.27. The zero-order chi connectivity index (χ0) is 12.1. The molecule has 0 saturated carbocycles. The summed E-state index contributed by atoms with van der Waals surface area (Å²) in [6.07, 6.45) is 1.86. The number of nitrogens with zero attached hydrogens (tertiary/aromatic N) is 2. The van der Waals surface area contributed by atoms with Crippen LogP contribution >= 0.6 is 0 Å². The van der Waals surface area contributed by atoms with Crippen molar-refractivity contribution in [3.05, 3.63) is 42.0 Å². The molecular weight excluding hydrogens is 196 g/mol. The predicted molar refractivity (Wildman–Crippen MR) is 68.6 cm³/mol. The fourth-order valence-corrected chi connectivity index (χ4v) is 1.72. The van der Waals surface area contributed by atoms with Crippen molar-refractivity contribution < 1.29 is 0 Å². The normalized spacial score (nSPS) is 9.94. The molecule has 1 aromatic carbocycles. The van der Waals surface area contributed by atoms with Gasteiger partial charge in [0.15, 0.2) is 0 Å². The second-order valence-corrected chi connectivity index (χ2v) is 4.17. The van der Waals surface area contributed by atoms with E-state index in [-0.39, 0.29) is 0 Å². The number of hydrogen-bond donors (Lipinski definition) is 0. The molecule has 0 heterocycles. The highest BCUT2D eigenvalue weighted by Crippen LogP contribution is 2.23. The lowest BCUT2D eigenvalue weighted by Crippen LogP contribution is -2.31. The van der Waals surface area contributed by atoms with Gasteiger partial charge in [0.05, 0.1) is 11.3 Å². The fourth-order valence-electron chi connectivity index (χ4n) is 1.72. The van der Waals surface area contributed by atoms with Gasteiger partial charge in [0.2, 0.25) is 0 Å². The molecule has 2 nitrogen and oxygen atoms in total. The summed E-state index contributed by atoms with van der Waals surface area (Å²) in [5.74, 6) is 0. The van der Waals surface area contributed by atoms with Gasteiger partial charge in [0.1, 0.15) is 6.07 Å². The number of aryl methyl sites for hydroxylation is 1. The molecule has 0 saturated heterocycles. The molecule has 0 spiro atoms. The van der Waals surface area contributed by atoms with Crippen LogP contribution in [0.1, 0.15) is 25.0 Å². The van der Waals surface area contributed by atoms with Crippen molar-refractivity contribution in [1.82, 2.24) is 0 Å². The van der Waals surface area contributed by atoms with E-state index < -0.39 is 0 Å². The second-order valence-electron chi connectivity index (χ2n) is 4.17. The maximum Gasteiger partial charge on any atom is 0.101 e. The van der Waals surface area contributed by atoms with E-state index in [2.05, 4.69) is 31.4 Å². The van der Waals surface area contributed by atoms with Crippen LogP contribution in [0.4, 0.5) is 5.69 Å². The largest absolute Gasteiger partial charge is 0.364 e. The maximum absolute atomic E-state index is 9.14. The smallest absolute Gasteiger partial charge is 0.101 e. The Bertz CT molecular complexity index is 413. The topological polar surface area (TPSA) is 27.0 Å². The van der Waals surface area contributed by atoms with Crippen molar-refractivity contribution in [3.63, 3.8) is 0 Å². The molecule has 1 rings (SSSR count). The van der Waals surface area contributed by atoms with Crippen LogP contribution in [0.15, 0.2) is 30.9 Å². The quantitative estimate of drug-likeness (QED) is 0.719. The Morgan fingerprint density at radius 2 is 2.19 bits per heavy atom. The van der Waals surface area contributed by atoms with Crippen molar-refractivity contribution in [1.29, 1.82) is 5.26 Å². The SMILES string of the molecule is C=CCN(c1ccc(C)cc1C#N)C(C)C. The lowest BCUT2D eigenvalue weighted by Gasteiger charge is -2.28. The molecular formula is C14H18N2. The molecule has 0 aliphatic carbocycles. The highest BCUT2D eigenvalue weighted by molar-refractivity contribution is 5.61. The van der Waals surface area contributed by atoms with Crippen LogP contribution in [0.5, 0.6) is 0 Å². The van der Waals surface area contributed by atoms with Crippen LogP contribution in [-0.4, -0.2) is 12.6 Å². The first-order valence-corrected chi connectivity index (χ1v) is 5.48. The average molecular weight is 214 g/mol. The summed E-state index contributed by atoms with van der Waals surface area (Å²) in [5, 5.41) is 9.14. The summed E-state index contributed by atoms with van der Waals surface area (Å²) in [5.41, 5.74) is 2.83. The molecule has 84 valence electrons. The van der Waals surface area contributed by atoms with Crippen LogP contribution in [0, 0.1) is 18.3 Å². The molecule has 0 bridgehead atoms. The Morgan fingerprint density at radius 3 is 2.69 bits per heavy atom. The number of benzene rings is 1. The molecule has 0 aliphatic rings. The first-order chi connectivity index (χ1) is 7.60. The third-order valence-corrected chi connectivity index (χ3v) is 2.53. The van der Waals surface area contributed by atoms with Gasteiger partial charge in [0.25, 0.3) is 0 Å². The highest BCUT2D eigenvalue weighted by atomic mass is 15.1. The van der Waals surface area contributed by atoms with Crippen molar-refractivity contribution in [2.75, 3.05) is 11.4 Å². The maximum atomic E-state index is 9.14. The third-order valence-electron chi connectivity index (χ3n) is 2.53. The Morgan fingerprint density at radius 1 is 1.50 bits per heavy atom. The minimum atomic E-state index is 0.354. The monoisotopic (exact) mass is 214 g/mol. The average Bonchev–Trinajstić information content (AvgIpc) is 2.26. The second kappa shape index (κ2) is 5.37. The number of anilines is 1. The number of rotatable bonds is 4. The molecule has 0 N–H and O–H groups in total. The van der Waals surface area contributed by atoms with Gasteiger partial charge in [-0.05, 0) is 38.5 Å². The van der Waals surface area contributed by atoms with E-state index in [0.717, 1.165) is 23.4 Å². The Hall–Kier alpha value is -1.75. The van der Waals surface area contributed by atoms with Crippen LogP contribution in [0.3, 0.4) is 0 Å². The molecule has 0 unspecified atom stereocenters. The molecule has 0 aliphatic heterocycles. The molecule has 16 heavy (non-hydrogen) atoms. The van der Waals surface area contributed by atoms with Crippen molar-refractivity contribution >= 4 is 5.69 Å². The van der Waals surface area contributed by atoms with Gasteiger partial charge in [-0.25, -0.2) is 0 Å². The summed E-state index contributed by atoms with van der Waals surface area (Å²) < 4.78 is 0. The lowest BCUT2D eigenvalue weighted by molar-refractivity contribution is 0.722. The summed E-state index contributed by atoms with van der Waals surface area (Å²) in [7, 11) is 0. The minimum Gasteiger partial charge on any atom is -0.364 e. The zero-order valence-electron chi connectivity index (χ0n) is 10.2. The van der Waals surface area contributed by atoms with E-state index in [1.165, 1.54) is 0 Å². The Kier molecular flexibility index (Phi) is 4.13. The van der Waals surface area contributed by atoms with Gasteiger partial charge >= 0.3 is 0 Å². The molecule has 2 heteroatoms. The van der Waals surface area contributed by atoms with Crippen molar-refractivity contribution in [2.45, 2.75) is 26.8 Å². The van der Waals surface area contributed by atoms with Crippen LogP contribution in [0.25, 0.3) is 0 Å². The van der Waals surface area contributed by atoms with E-state index in [1.807, 2.05) is 31.2 Å². The summed E-state index contributed by atoms with van der Waals surface area (Å²) >= 11 is 0. The first-order valence-electron chi connectivity index (χ1n) is 5.48. The molecule has 0 amide bonds. The first kappa shape index (κ1) is 12.3. The van der Waals surface area contributed by atoms with Gasteiger partial charge in [-0.15, -0.1) is 6.58 Å². The van der Waals surface area contributed by atoms with E-state index in [1.54, 1.807) is 0 Å². The summed E-state index contributed by atoms with van der Waals surface area (Å²) in [6, 6.07) is 8.58. The molecule has 0 radical (unpaired) electrons. The minimum absolute atomic E-state index is 0.354. The van der Waals surface area contributed by atoms with Gasteiger partial charge < -0.3 is 4.90 Å². The van der Waals surface area contributed by atoms with Crippen LogP contribution < -0.4 is 4.90 Å². The zero-order valence-corrected chi connectivity index (χ0v) is 10.2. The summed E-state index contributed by atoms with van der Waals surface area (Å²) in [4.78, 5) is 2.17. The Labute approximate surface area is 97.8 Å². The van der Waals surface area contributed by atoms with Crippen LogP contribution in [0.2, 0.25) is 0 Å². The molecule has 0 atom stereocenters. The molecule has 0 aromatic heterocycles. The Balaban J connectivity index is 3.19. The van der Waals surface area contributed by atoms with E-state index in [9.17, 15) is 0 Å². The van der Waals surface area contributed by atoms with E-state index in [0.29, 0.717) is 6.04 Å². The number of hydrogen-bond acceptors (Lipinski definition) is 2. The van der Waals surface area contributed by atoms with Gasteiger partial charge in [-0.2, -0.15) is 5.26 Å². The van der Waals surface area contributed by atoms with Crippen molar-refractivity contribution in [2.24, 2.45) is 0 Å². The van der Waals surface area contributed by atoms with E-state index in [4.69, 9.17) is 5.26 Å². The molecule has 1 aromatic rings. The van der Waals surface area contributed by atoms with E-state index >= 15 is 0 Å². The van der Waals surface area contributed by atoms with Gasteiger partial charge in [-0.1, -0.05) is 12.1 Å².